The SMILES string of the molecule is COc1c2c3c(c(OC)c1OC)-c1ccccc1[C@H](O)[C@H]3N(C(C)=O)CC2. The van der Waals surface area contributed by atoms with Gasteiger partial charge in [0.15, 0.2) is 11.5 Å². The summed E-state index contributed by atoms with van der Waals surface area (Å²) in [5.74, 6) is 1.63. The van der Waals surface area contributed by atoms with Gasteiger partial charge in [0.1, 0.15) is 6.10 Å². The Morgan fingerprint density at radius 1 is 1.07 bits per heavy atom. The lowest BCUT2D eigenvalue weighted by Crippen LogP contribution is -2.43. The summed E-state index contributed by atoms with van der Waals surface area (Å²) in [4.78, 5) is 14.1. The van der Waals surface area contributed by atoms with E-state index in [-0.39, 0.29) is 5.91 Å². The van der Waals surface area contributed by atoms with E-state index in [9.17, 15) is 9.90 Å². The summed E-state index contributed by atoms with van der Waals surface area (Å²) in [6, 6.07) is 7.20. The van der Waals surface area contributed by atoms with Gasteiger partial charge in [-0.3, -0.25) is 4.79 Å². The molecule has 1 amide bonds. The Labute approximate surface area is 158 Å². The maximum Gasteiger partial charge on any atom is 0.220 e. The summed E-state index contributed by atoms with van der Waals surface area (Å²) < 4.78 is 17.1. The van der Waals surface area contributed by atoms with Crippen molar-refractivity contribution in [1.29, 1.82) is 0 Å². The van der Waals surface area contributed by atoms with E-state index in [1.165, 1.54) is 6.92 Å². The van der Waals surface area contributed by atoms with E-state index in [0.29, 0.717) is 30.2 Å². The molecule has 1 heterocycles. The molecule has 6 nitrogen and oxygen atoms in total. The summed E-state index contributed by atoms with van der Waals surface area (Å²) in [6.07, 6.45) is -0.198. The number of aliphatic hydroxyl groups excluding tert-OH is 1. The van der Waals surface area contributed by atoms with Crippen LogP contribution in [0.3, 0.4) is 0 Å². The van der Waals surface area contributed by atoms with Crippen molar-refractivity contribution in [3.63, 3.8) is 0 Å². The van der Waals surface area contributed by atoms with Crippen molar-refractivity contribution < 1.29 is 24.1 Å². The van der Waals surface area contributed by atoms with Gasteiger partial charge in [0.05, 0.1) is 27.4 Å². The highest BCUT2D eigenvalue weighted by Gasteiger charge is 2.45. The maximum atomic E-state index is 12.3. The first-order chi connectivity index (χ1) is 13.0. The second-order valence-corrected chi connectivity index (χ2v) is 6.81. The Bertz CT molecular complexity index is 923. The third kappa shape index (κ3) is 2.33. The number of hydrogen-bond donors (Lipinski definition) is 1. The minimum Gasteiger partial charge on any atom is -0.492 e. The molecule has 4 rings (SSSR count). The molecule has 2 aromatic carbocycles. The third-order valence-corrected chi connectivity index (χ3v) is 5.61. The quantitative estimate of drug-likeness (QED) is 0.901. The lowest BCUT2D eigenvalue weighted by Gasteiger charge is -2.44. The molecule has 0 saturated heterocycles. The molecule has 0 bridgehead atoms. The Hall–Kier alpha value is -2.73. The van der Waals surface area contributed by atoms with E-state index in [4.69, 9.17) is 14.2 Å². The molecular formula is C21H23NO5. The van der Waals surface area contributed by atoms with Crippen molar-refractivity contribution in [3.8, 4) is 28.4 Å². The first kappa shape index (κ1) is 17.7. The smallest absolute Gasteiger partial charge is 0.220 e. The van der Waals surface area contributed by atoms with E-state index in [1.807, 2.05) is 24.3 Å². The molecule has 1 N–H and O–H groups in total. The molecule has 1 aliphatic heterocycles. The van der Waals surface area contributed by atoms with Crippen molar-refractivity contribution in [2.45, 2.75) is 25.5 Å². The van der Waals surface area contributed by atoms with Gasteiger partial charge in [0.25, 0.3) is 0 Å². The van der Waals surface area contributed by atoms with Gasteiger partial charge in [0, 0.05) is 24.6 Å². The normalized spacial score (nSPS) is 19.8. The molecule has 0 unspecified atom stereocenters. The van der Waals surface area contributed by atoms with Crippen molar-refractivity contribution in [3.05, 3.63) is 41.0 Å². The molecule has 0 radical (unpaired) electrons. The Kier molecular flexibility index (Phi) is 4.23. The Morgan fingerprint density at radius 2 is 1.74 bits per heavy atom. The van der Waals surface area contributed by atoms with Gasteiger partial charge in [-0.1, -0.05) is 24.3 Å². The number of hydrogen-bond acceptors (Lipinski definition) is 5. The molecule has 27 heavy (non-hydrogen) atoms. The zero-order chi connectivity index (χ0) is 19.3. The summed E-state index contributed by atoms with van der Waals surface area (Å²) in [5.41, 5.74) is 4.38. The van der Waals surface area contributed by atoms with Crippen LogP contribution in [0, 0.1) is 0 Å². The Morgan fingerprint density at radius 3 is 2.37 bits per heavy atom. The monoisotopic (exact) mass is 369 g/mol. The van der Waals surface area contributed by atoms with E-state index in [0.717, 1.165) is 27.8 Å². The largest absolute Gasteiger partial charge is 0.492 e. The van der Waals surface area contributed by atoms with E-state index in [1.54, 1.807) is 26.2 Å². The van der Waals surface area contributed by atoms with Gasteiger partial charge in [-0.05, 0) is 23.1 Å². The molecule has 6 heteroatoms. The number of carbonyl (C=O) groups excluding carboxylic acids is 1. The molecule has 142 valence electrons. The van der Waals surface area contributed by atoms with Crippen LogP contribution in [0.1, 0.15) is 35.8 Å². The third-order valence-electron chi connectivity index (χ3n) is 5.61. The van der Waals surface area contributed by atoms with Crippen LogP contribution < -0.4 is 14.2 Å². The fraction of sp³-hybridized carbons (Fsp3) is 0.381. The number of benzene rings is 2. The summed E-state index contributed by atoms with van der Waals surface area (Å²) in [5, 5.41) is 11.2. The molecule has 0 aromatic heterocycles. The first-order valence-electron chi connectivity index (χ1n) is 8.94. The maximum absolute atomic E-state index is 12.3. The number of fused-ring (bicyclic) bond motifs is 2. The van der Waals surface area contributed by atoms with Crippen LogP contribution in [0.2, 0.25) is 0 Å². The van der Waals surface area contributed by atoms with Crippen LogP contribution in [0.25, 0.3) is 11.1 Å². The molecule has 0 spiro atoms. The van der Waals surface area contributed by atoms with E-state index >= 15 is 0 Å². The predicted molar refractivity (Wildman–Crippen MR) is 100 cm³/mol. The summed E-state index contributed by atoms with van der Waals surface area (Å²) in [6.45, 7) is 2.05. The van der Waals surface area contributed by atoms with Crippen molar-refractivity contribution in [1.82, 2.24) is 4.90 Å². The average molecular weight is 369 g/mol. The second kappa shape index (κ2) is 6.46. The van der Waals surface area contributed by atoms with Crippen LogP contribution in [-0.2, 0) is 11.2 Å². The lowest BCUT2D eigenvalue weighted by molar-refractivity contribution is -0.134. The van der Waals surface area contributed by atoms with E-state index in [2.05, 4.69) is 0 Å². The molecule has 2 atom stereocenters. The van der Waals surface area contributed by atoms with Crippen LogP contribution >= 0.6 is 0 Å². The van der Waals surface area contributed by atoms with Crippen LogP contribution in [0.4, 0.5) is 0 Å². The zero-order valence-electron chi connectivity index (χ0n) is 15.9. The van der Waals surface area contributed by atoms with Crippen molar-refractivity contribution in [2.75, 3.05) is 27.9 Å². The van der Waals surface area contributed by atoms with Gasteiger partial charge in [0.2, 0.25) is 11.7 Å². The predicted octanol–water partition coefficient (Wildman–Crippen LogP) is 2.87. The molecule has 2 aliphatic rings. The lowest BCUT2D eigenvalue weighted by atomic mass is 9.74. The number of amides is 1. The Balaban J connectivity index is 2.15. The van der Waals surface area contributed by atoms with Gasteiger partial charge in [-0.15, -0.1) is 0 Å². The highest BCUT2D eigenvalue weighted by Crippen LogP contribution is 2.59. The van der Waals surface area contributed by atoms with Crippen LogP contribution in [0.5, 0.6) is 17.2 Å². The van der Waals surface area contributed by atoms with Gasteiger partial charge in [-0.2, -0.15) is 0 Å². The highest BCUT2D eigenvalue weighted by molar-refractivity contribution is 5.87. The minimum absolute atomic E-state index is 0.0659. The molecular weight excluding hydrogens is 346 g/mol. The standard InChI is InChI=1S/C21H23NO5/c1-11(23)22-10-9-14-15-16(20(26-3)21(27-4)19(14)25-2)12-7-5-6-8-13(12)18(24)17(15)22/h5-8,17-18,24H,9-10H2,1-4H3/t17-,18-/m0/s1. The highest BCUT2D eigenvalue weighted by atomic mass is 16.5. The topological polar surface area (TPSA) is 68.2 Å². The number of aliphatic hydroxyl groups is 1. The molecule has 2 aromatic rings. The number of rotatable bonds is 3. The van der Waals surface area contributed by atoms with Crippen LogP contribution in [-0.4, -0.2) is 43.8 Å². The minimum atomic E-state index is -0.820. The zero-order valence-corrected chi connectivity index (χ0v) is 15.9. The second-order valence-electron chi connectivity index (χ2n) is 6.81. The van der Waals surface area contributed by atoms with Crippen LogP contribution in [0.15, 0.2) is 24.3 Å². The first-order valence-corrected chi connectivity index (χ1v) is 8.94. The number of ether oxygens (including phenoxy) is 3. The van der Waals surface area contributed by atoms with Gasteiger partial charge < -0.3 is 24.2 Å². The molecule has 1 aliphatic carbocycles. The average Bonchev–Trinajstić information content (AvgIpc) is 2.69. The number of methoxy groups -OCH3 is 3. The summed E-state index contributed by atoms with van der Waals surface area (Å²) in [7, 11) is 4.78. The van der Waals surface area contributed by atoms with Gasteiger partial charge >= 0.3 is 0 Å². The van der Waals surface area contributed by atoms with E-state index < -0.39 is 12.1 Å². The van der Waals surface area contributed by atoms with Crippen molar-refractivity contribution in [2.24, 2.45) is 0 Å². The number of carbonyl (C=O) groups is 1. The number of nitrogens with zero attached hydrogens (tertiary/aromatic N) is 1. The molecule has 0 saturated carbocycles. The summed E-state index contributed by atoms with van der Waals surface area (Å²) >= 11 is 0. The van der Waals surface area contributed by atoms with Crippen molar-refractivity contribution >= 4 is 5.91 Å². The fourth-order valence-corrected chi connectivity index (χ4v) is 4.55. The van der Waals surface area contributed by atoms with Gasteiger partial charge in [-0.25, -0.2) is 0 Å². The fourth-order valence-electron chi connectivity index (χ4n) is 4.55. The molecule has 0 fully saturated rings.